The number of hydrogen-bond acceptors (Lipinski definition) is 3. The third kappa shape index (κ3) is 5.66. The van der Waals surface area contributed by atoms with Crippen LogP contribution in [0.2, 0.25) is 0 Å². The fourth-order valence-electron chi connectivity index (χ4n) is 1.41. The summed E-state index contributed by atoms with van der Waals surface area (Å²) in [5.74, 6) is 0.124. The molecule has 1 aromatic heterocycles. The zero-order valence-electron chi connectivity index (χ0n) is 10.3. The van der Waals surface area contributed by atoms with E-state index in [2.05, 4.69) is 51.9 Å². The minimum atomic E-state index is 0.124. The van der Waals surface area contributed by atoms with Crippen LogP contribution >= 0.6 is 27.3 Å². The second kappa shape index (κ2) is 7.84. The van der Waals surface area contributed by atoms with Crippen LogP contribution in [-0.2, 0) is 4.79 Å². The Morgan fingerprint density at radius 1 is 1.53 bits per heavy atom. The lowest BCUT2D eigenvalue weighted by Gasteiger charge is -2.11. The molecule has 0 aromatic carbocycles. The second-order valence-electron chi connectivity index (χ2n) is 3.94. The highest BCUT2D eigenvalue weighted by Crippen LogP contribution is 2.25. The van der Waals surface area contributed by atoms with Gasteiger partial charge in [0.25, 0.3) is 0 Å². The highest BCUT2D eigenvalue weighted by atomic mass is 79.9. The summed E-state index contributed by atoms with van der Waals surface area (Å²) in [6, 6.07) is 2.41. The molecule has 0 fully saturated rings. The van der Waals surface area contributed by atoms with Crippen molar-refractivity contribution in [2.75, 3.05) is 13.1 Å². The summed E-state index contributed by atoms with van der Waals surface area (Å²) in [5.41, 5.74) is 0. The normalized spacial score (nSPS) is 12.4. The Balaban J connectivity index is 2.20. The number of nitrogens with one attached hydrogen (secondary N) is 2. The first kappa shape index (κ1) is 14.7. The van der Waals surface area contributed by atoms with Gasteiger partial charge >= 0.3 is 0 Å². The van der Waals surface area contributed by atoms with Crippen LogP contribution in [0.3, 0.4) is 0 Å². The Hall–Kier alpha value is -0.390. The lowest BCUT2D eigenvalue weighted by molar-refractivity contribution is -0.121. The molecule has 96 valence electrons. The van der Waals surface area contributed by atoms with E-state index in [1.54, 1.807) is 11.3 Å². The summed E-state index contributed by atoms with van der Waals surface area (Å²) in [6.07, 6.45) is 1.52. The van der Waals surface area contributed by atoms with E-state index >= 15 is 0 Å². The average molecular weight is 319 g/mol. The molecule has 1 atom stereocenters. The largest absolute Gasteiger partial charge is 0.356 e. The molecule has 0 aliphatic heterocycles. The summed E-state index contributed by atoms with van der Waals surface area (Å²) < 4.78 is 1.12. The summed E-state index contributed by atoms with van der Waals surface area (Å²) in [4.78, 5) is 12.7. The molecule has 5 heteroatoms. The smallest absolute Gasteiger partial charge is 0.221 e. The molecule has 0 spiro atoms. The molecule has 2 N–H and O–H groups in total. The van der Waals surface area contributed by atoms with Crippen LogP contribution in [0.4, 0.5) is 0 Å². The Labute approximate surface area is 115 Å². The topological polar surface area (TPSA) is 41.1 Å². The Bertz CT molecular complexity index is 354. The van der Waals surface area contributed by atoms with Crippen LogP contribution in [0.15, 0.2) is 15.9 Å². The van der Waals surface area contributed by atoms with Crippen molar-refractivity contribution < 1.29 is 4.79 Å². The van der Waals surface area contributed by atoms with E-state index in [4.69, 9.17) is 0 Å². The van der Waals surface area contributed by atoms with Gasteiger partial charge in [0.15, 0.2) is 0 Å². The number of carbonyl (C=O) groups is 1. The van der Waals surface area contributed by atoms with Gasteiger partial charge in [-0.25, -0.2) is 0 Å². The Kier molecular flexibility index (Phi) is 6.77. The van der Waals surface area contributed by atoms with Gasteiger partial charge in [0.1, 0.15) is 0 Å². The number of halogens is 1. The minimum Gasteiger partial charge on any atom is -0.356 e. The van der Waals surface area contributed by atoms with E-state index < -0.39 is 0 Å². The van der Waals surface area contributed by atoms with Gasteiger partial charge in [-0.05, 0) is 35.3 Å². The molecule has 1 amide bonds. The molecule has 1 heterocycles. The Morgan fingerprint density at radius 3 is 2.88 bits per heavy atom. The van der Waals surface area contributed by atoms with Gasteiger partial charge in [-0.15, -0.1) is 11.3 Å². The van der Waals surface area contributed by atoms with Gasteiger partial charge < -0.3 is 10.6 Å². The summed E-state index contributed by atoms with van der Waals surface area (Å²) in [5, 5.41) is 8.29. The van der Waals surface area contributed by atoms with E-state index in [1.165, 1.54) is 4.88 Å². The highest BCUT2D eigenvalue weighted by molar-refractivity contribution is 9.10. The number of rotatable bonds is 7. The maximum absolute atomic E-state index is 11.4. The van der Waals surface area contributed by atoms with Crippen LogP contribution in [0.1, 0.15) is 37.6 Å². The lowest BCUT2D eigenvalue weighted by Crippen LogP contribution is -2.29. The summed E-state index contributed by atoms with van der Waals surface area (Å²) in [7, 11) is 0. The summed E-state index contributed by atoms with van der Waals surface area (Å²) >= 11 is 5.16. The molecule has 0 saturated carbocycles. The molecular weight excluding hydrogens is 300 g/mol. The molecule has 0 aliphatic rings. The third-order valence-corrected chi connectivity index (χ3v) is 4.27. The van der Waals surface area contributed by atoms with Gasteiger partial charge in [0.2, 0.25) is 5.91 Å². The predicted octanol–water partition coefficient (Wildman–Crippen LogP) is 3.08. The quantitative estimate of drug-likeness (QED) is 0.811. The molecule has 3 nitrogen and oxygen atoms in total. The lowest BCUT2D eigenvalue weighted by atomic mass is 10.2. The first-order chi connectivity index (χ1) is 8.13. The first-order valence-electron chi connectivity index (χ1n) is 5.87. The fraction of sp³-hybridized carbons (Fsp3) is 0.583. The van der Waals surface area contributed by atoms with Gasteiger partial charge in [0, 0.05) is 40.3 Å². The average Bonchev–Trinajstić information content (AvgIpc) is 2.73. The molecule has 0 saturated heterocycles. The van der Waals surface area contributed by atoms with Crippen molar-refractivity contribution in [2.45, 2.75) is 32.7 Å². The number of amides is 1. The number of thiophene rings is 1. The third-order valence-electron chi connectivity index (χ3n) is 2.39. The van der Waals surface area contributed by atoms with E-state index in [0.717, 1.165) is 17.4 Å². The Morgan fingerprint density at radius 2 is 2.29 bits per heavy atom. The van der Waals surface area contributed by atoms with Gasteiger partial charge in [-0.3, -0.25) is 4.79 Å². The number of carbonyl (C=O) groups excluding carboxylic acids is 1. The molecule has 17 heavy (non-hydrogen) atoms. The molecule has 1 aromatic rings. The van der Waals surface area contributed by atoms with E-state index in [-0.39, 0.29) is 5.91 Å². The van der Waals surface area contributed by atoms with Crippen molar-refractivity contribution in [3.8, 4) is 0 Å². The second-order valence-corrected chi connectivity index (χ2v) is 5.80. The minimum absolute atomic E-state index is 0.124. The standard InChI is InChI=1S/C12H19BrN2OS/c1-3-5-15-12(16)4-6-14-9(2)11-7-10(13)8-17-11/h7-9,14H,3-6H2,1-2H3,(H,15,16). The zero-order chi connectivity index (χ0) is 12.7. The predicted molar refractivity (Wildman–Crippen MR) is 76.4 cm³/mol. The van der Waals surface area contributed by atoms with Crippen LogP contribution in [0.5, 0.6) is 0 Å². The zero-order valence-corrected chi connectivity index (χ0v) is 12.7. The molecule has 1 rings (SSSR count). The molecule has 0 radical (unpaired) electrons. The van der Waals surface area contributed by atoms with E-state index in [0.29, 0.717) is 19.0 Å². The highest BCUT2D eigenvalue weighted by Gasteiger charge is 2.08. The van der Waals surface area contributed by atoms with E-state index in [1.807, 2.05) is 0 Å². The molecule has 1 unspecified atom stereocenters. The van der Waals surface area contributed by atoms with Gasteiger partial charge in [-0.2, -0.15) is 0 Å². The maximum atomic E-state index is 11.4. The van der Waals surface area contributed by atoms with Crippen LogP contribution in [-0.4, -0.2) is 19.0 Å². The van der Waals surface area contributed by atoms with Crippen LogP contribution in [0, 0.1) is 0 Å². The van der Waals surface area contributed by atoms with Crippen molar-refractivity contribution in [2.24, 2.45) is 0 Å². The van der Waals surface area contributed by atoms with Crippen molar-refractivity contribution >= 4 is 33.2 Å². The molecule has 0 bridgehead atoms. The van der Waals surface area contributed by atoms with Crippen LogP contribution < -0.4 is 10.6 Å². The summed E-state index contributed by atoms with van der Waals surface area (Å²) in [6.45, 7) is 5.65. The van der Waals surface area contributed by atoms with Gasteiger partial charge in [-0.1, -0.05) is 6.92 Å². The first-order valence-corrected chi connectivity index (χ1v) is 7.54. The van der Waals surface area contributed by atoms with Crippen molar-refractivity contribution in [1.82, 2.24) is 10.6 Å². The number of hydrogen-bond donors (Lipinski definition) is 2. The monoisotopic (exact) mass is 318 g/mol. The molecular formula is C12H19BrN2OS. The van der Waals surface area contributed by atoms with Crippen molar-refractivity contribution in [3.05, 3.63) is 20.8 Å². The van der Waals surface area contributed by atoms with Crippen LogP contribution in [0.25, 0.3) is 0 Å². The van der Waals surface area contributed by atoms with E-state index in [9.17, 15) is 4.79 Å². The maximum Gasteiger partial charge on any atom is 0.221 e. The van der Waals surface area contributed by atoms with Crippen molar-refractivity contribution in [1.29, 1.82) is 0 Å². The molecule has 0 aliphatic carbocycles. The van der Waals surface area contributed by atoms with Gasteiger partial charge in [0.05, 0.1) is 0 Å². The fourth-order valence-corrected chi connectivity index (χ4v) is 2.89. The van der Waals surface area contributed by atoms with Crippen molar-refractivity contribution in [3.63, 3.8) is 0 Å². The SMILES string of the molecule is CCCNC(=O)CCNC(C)c1cc(Br)cs1.